The van der Waals surface area contributed by atoms with Crippen molar-refractivity contribution in [3.05, 3.63) is 41.6 Å². The summed E-state index contributed by atoms with van der Waals surface area (Å²) in [6, 6.07) is 9.79. The van der Waals surface area contributed by atoms with E-state index in [1.165, 1.54) is 12.8 Å². The Balaban J connectivity index is 1.40. The lowest BCUT2D eigenvalue weighted by atomic mass is 10.0. The number of rotatable bonds is 6. The molecule has 1 aromatic carbocycles. The van der Waals surface area contributed by atoms with Gasteiger partial charge in [-0.2, -0.15) is 9.97 Å². The fraction of sp³-hybridized carbons (Fsp3) is 0.409. The number of nitrogens with zero attached hydrogens (tertiary/aromatic N) is 3. The summed E-state index contributed by atoms with van der Waals surface area (Å²) in [6.45, 7) is 1.86. The molecule has 0 aliphatic carbocycles. The molecule has 0 radical (unpaired) electrons. The molecule has 3 atom stereocenters. The van der Waals surface area contributed by atoms with Gasteiger partial charge in [0.25, 0.3) is 0 Å². The van der Waals surface area contributed by atoms with Gasteiger partial charge in [0.2, 0.25) is 5.95 Å². The van der Waals surface area contributed by atoms with E-state index in [0.717, 1.165) is 54.8 Å². The molecule has 0 amide bonds. The molecule has 3 unspecified atom stereocenters. The van der Waals surface area contributed by atoms with Crippen molar-refractivity contribution in [3.8, 4) is 0 Å². The molecule has 9 heteroatoms. The van der Waals surface area contributed by atoms with E-state index in [-0.39, 0.29) is 12.2 Å². The number of aromatic nitrogens is 3. The Labute approximate surface area is 185 Å². The normalized spacial score (nSPS) is 24.4. The van der Waals surface area contributed by atoms with Gasteiger partial charge in [0.15, 0.2) is 0 Å². The minimum absolute atomic E-state index is 0.0449. The Hall–Kier alpha value is -2.68. The summed E-state index contributed by atoms with van der Waals surface area (Å²) in [6.07, 6.45) is 7.29. The number of aromatic amines is 1. The number of H-pyrrole nitrogens is 1. The zero-order chi connectivity index (χ0) is 21.2. The van der Waals surface area contributed by atoms with E-state index in [9.17, 15) is 4.79 Å². The SMILES string of the molecule is O=CC1CC(N2CCCCC2Nc2nc(Nc3cccc(Cl)c3)nc3[nH]ccc23)CN1. The highest BCUT2D eigenvalue weighted by Crippen LogP contribution is 2.29. The summed E-state index contributed by atoms with van der Waals surface area (Å²) in [5.74, 6) is 1.30. The van der Waals surface area contributed by atoms with E-state index in [1.54, 1.807) is 0 Å². The topological polar surface area (TPSA) is 98.0 Å². The highest BCUT2D eigenvalue weighted by Gasteiger charge is 2.34. The van der Waals surface area contributed by atoms with Crippen LogP contribution < -0.4 is 16.0 Å². The minimum Gasteiger partial charge on any atom is -0.354 e. The molecule has 2 aliphatic rings. The minimum atomic E-state index is -0.0449. The van der Waals surface area contributed by atoms with Gasteiger partial charge in [-0.1, -0.05) is 17.7 Å². The van der Waals surface area contributed by atoms with Crippen molar-refractivity contribution in [1.82, 2.24) is 25.2 Å². The van der Waals surface area contributed by atoms with E-state index < -0.39 is 0 Å². The van der Waals surface area contributed by atoms with Crippen molar-refractivity contribution in [2.75, 3.05) is 23.7 Å². The lowest BCUT2D eigenvalue weighted by Gasteiger charge is -2.40. The summed E-state index contributed by atoms with van der Waals surface area (Å²) in [5, 5.41) is 11.9. The van der Waals surface area contributed by atoms with Crippen molar-refractivity contribution in [2.45, 2.75) is 43.9 Å². The molecule has 8 nitrogen and oxygen atoms in total. The van der Waals surface area contributed by atoms with Gasteiger partial charge in [-0.25, -0.2) is 0 Å². The van der Waals surface area contributed by atoms with Crippen LogP contribution in [0.15, 0.2) is 36.5 Å². The molecular formula is C22H26ClN7O. The Kier molecular flexibility index (Phi) is 5.76. The maximum absolute atomic E-state index is 11.2. The lowest BCUT2D eigenvalue weighted by Crippen LogP contribution is -2.50. The summed E-state index contributed by atoms with van der Waals surface area (Å²) in [4.78, 5) is 26.3. The van der Waals surface area contributed by atoms with Crippen molar-refractivity contribution < 1.29 is 4.79 Å². The van der Waals surface area contributed by atoms with Crippen LogP contribution in [0.2, 0.25) is 5.02 Å². The van der Waals surface area contributed by atoms with Gasteiger partial charge in [0.1, 0.15) is 17.8 Å². The molecule has 2 fully saturated rings. The van der Waals surface area contributed by atoms with Crippen LogP contribution in [0.4, 0.5) is 17.5 Å². The van der Waals surface area contributed by atoms with Crippen molar-refractivity contribution >= 4 is 46.4 Å². The van der Waals surface area contributed by atoms with Gasteiger partial charge >= 0.3 is 0 Å². The number of hydrogen-bond donors (Lipinski definition) is 4. The van der Waals surface area contributed by atoms with E-state index >= 15 is 0 Å². The van der Waals surface area contributed by atoms with Crippen LogP contribution in [0.5, 0.6) is 0 Å². The molecule has 162 valence electrons. The maximum Gasteiger partial charge on any atom is 0.231 e. The predicted molar refractivity (Wildman–Crippen MR) is 123 cm³/mol. The molecule has 2 aromatic heterocycles. The standard InChI is InChI=1S/C22H26ClN7O/c23-14-4-3-5-15(10-14)26-22-28-20-18(7-8-24-20)21(29-22)27-19-6-1-2-9-30(19)17-11-16(13-31)25-12-17/h3-5,7-8,10,13,16-17,19,25H,1-2,6,9,11-12H2,(H3,24,26,27,28,29). The van der Waals surface area contributed by atoms with Gasteiger partial charge in [-0.05, 0) is 49.9 Å². The number of anilines is 3. The number of carbonyl (C=O) groups is 1. The Bertz CT molecular complexity index is 1070. The fourth-order valence-electron chi connectivity index (χ4n) is 4.61. The fourth-order valence-corrected chi connectivity index (χ4v) is 4.80. The van der Waals surface area contributed by atoms with Gasteiger partial charge in [0.05, 0.1) is 17.6 Å². The van der Waals surface area contributed by atoms with Crippen LogP contribution in [-0.2, 0) is 4.79 Å². The summed E-state index contributed by atoms with van der Waals surface area (Å²) in [5.41, 5.74) is 1.61. The third kappa shape index (κ3) is 4.37. The number of halogens is 1. The zero-order valence-corrected chi connectivity index (χ0v) is 17.9. The van der Waals surface area contributed by atoms with Crippen LogP contribution >= 0.6 is 11.6 Å². The molecule has 3 aromatic rings. The molecule has 5 rings (SSSR count). The second kappa shape index (κ2) is 8.82. The number of benzene rings is 1. The van der Waals surface area contributed by atoms with Crippen LogP contribution in [0, 0.1) is 0 Å². The second-order valence-corrected chi connectivity index (χ2v) is 8.64. The third-order valence-electron chi connectivity index (χ3n) is 6.12. The van der Waals surface area contributed by atoms with Crippen molar-refractivity contribution in [1.29, 1.82) is 0 Å². The van der Waals surface area contributed by atoms with Gasteiger partial charge < -0.3 is 25.7 Å². The molecule has 0 spiro atoms. The van der Waals surface area contributed by atoms with E-state index in [2.05, 4.69) is 30.8 Å². The summed E-state index contributed by atoms with van der Waals surface area (Å²) >= 11 is 6.12. The molecule has 4 heterocycles. The average molecular weight is 440 g/mol. The molecule has 2 aliphatic heterocycles. The van der Waals surface area contributed by atoms with Crippen LogP contribution in [0.3, 0.4) is 0 Å². The van der Waals surface area contributed by atoms with E-state index in [1.807, 2.05) is 36.5 Å². The largest absolute Gasteiger partial charge is 0.354 e. The van der Waals surface area contributed by atoms with Gasteiger partial charge in [-0.3, -0.25) is 4.90 Å². The molecule has 4 N–H and O–H groups in total. The number of nitrogens with one attached hydrogen (secondary N) is 4. The van der Waals surface area contributed by atoms with Crippen molar-refractivity contribution in [2.24, 2.45) is 0 Å². The van der Waals surface area contributed by atoms with E-state index in [4.69, 9.17) is 16.6 Å². The number of fused-ring (bicyclic) bond motifs is 1. The first-order valence-corrected chi connectivity index (χ1v) is 11.2. The number of carbonyl (C=O) groups excluding carboxylic acids is 1. The average Bonchev–Trinajstić information content (AvgIpc) is 3.44. The molecule has 31 heavy (non-hydrogen) atoms. The first-order valence-electron chi connectivity index (χ1n) is 10.8. The Morgan fingerprint density at radius 1 is 1.23 bits per heavy atom. The number of aldehydes is 1. The Morgan fingerprint density at radius 3 is 3.00 bits per heavy atom. The van der Waals surface area contributed by atoms with Crippen molar-refractivity contribution in [3.63, 3.8) is 0 Å². The smallest absolute Gasteiger partial charge is 0.231 e. The van der Waals surface area contributed by atoms with E-state index in [0.29, 0.717) is 17.0 Å². The first-order chi connectivity index (χ1) is 15.2. The van der Waals surface area contributed by atoms with Crippen LogP contribution in [0.1, 0.15) is 25.7 Å². The summed E-state index contributed by atoms with van der Waals surface area (Å²) < 4.78 is 0. The maximum atomic E-state index is 11.2. The molecule has 2 saturated heterocycles. The van der Waals surface area contributed by atoms with Gasteiger partial charge in [0, 0.05) is 36.0 Å². The molecule has 0 saturated carbocycles. The zero-order valence-electron chi connectivity index (χ0n) is 17.1. The second-order valence-electron chi connectivity index (χ2n) is 8.21. The Morgan fingerprint density at radius 2 is 2.16 bits per heavy atom. The van der Waals surface area contributed by atoms with Crippen LogP contribution in [0.25, 0.3) is 11.0 Å². The number of likely N-dealkylation sites (tertiary alicyclic amines) is 1. The quantitative estimate of drug-likeness (QED) is 0.436. The van der Waals surface area contributed by atoms with Gasteiger partial charge in [-0.15, -0.1) is 0 Å². The third-order valence-corrected chi connectivity index (χ3v) is 6.35. The molecule has 0 bridgehead atoms. The predicted octanol–water partition coefficient (Wildman–Crippen LogP) is 3.51. The lowest BCUT2D eigenvalue weighted by molar-refractivity contribution is -0.109. The van der Waals surface area contributed by atoms with Crippen LogP contribution in [-0.4, -0.2) is 57.5 Å². The monoisotopic (exact) mass is 439 g/mol. The molecular weight excluding hydrogens is 414 g/mol. The number of hydrogen-bond acceptors (Lipinski definition) is 7. The summed E-state index contributed by atoms with van der Waals surface area (Å²) in [7, 11) is 0. The number of piperidine rings is 1. The first kappa shape index (κ1) is 20.2. The highest BCUT2D eigenvalue weighted by atomic mass is 35.5. The highest BCUT2D eigenvalue weighted by molar-refractivity contribution is 6.30.